The predicted molar refractivity (Wildman–Crippen MR) is 85.3 cm³/mol. The van der Waals surface area contributed by atoms with Gasteiger partial charge in [0.2, 0.25) is 6.79 Å². The first-order valence-electron chi connectivity index (χ1n) is 9.01. The van der Waals surface area contributed by atoms with E-state index in [2.05, 4.69) is 17.0 Å². The van der Waals surface area contributed by atoms with Crippen molar-refractivity contribution in [1.29, 1.82) is 0 Å². The van der Waals surface area contributed by atoms with Gasteiger partial charge in [-0.15, -0.1) is 0 Å². The van der Waals surface area contributed by atoms with Gasteiger partial charge in [0.25, 0.3) is 0 Å². The minimum atomic E-state index is 0.385. The zero-order valence-electron chi connectivity index (χ0n) is 13.2. The summed E-state index contributed by atoms with van der Waals surface area (Å²) in [5.41, 5.74) is 1.38. The third kappa shape index (κ3) is 2.05. The first-order valence-corrected chi connectivity index (χ1v) is 9.01. The molecular weight excluding hydrogens is 274 g/mol. The quantitative estimate of drug-likeness (QED) is 0.829. The molecule has 3 nitrogen and oxygen atoms in total. The molecule has 1 saturated heterocycles. The van der Waals surface area contributed by atoms with E-state index in [4.69, 9.17) is 9.47 Å². The molecule has 1 unspecified atom stereocenters. The Morgan fingerprint density at radius 3 is 2.64 bits per heavy atom. The van der Waals surface area contributed by atoms with Crippen LogP contribution in [0.5, 0.6) is 11.5 Å². The fourth-order valence-corrected chi connectivity index (χ4v) is 5.47. The van der Waals surface area contributed by atoms with Crippen LogP contribution in [0.15, 0.2) is 18.2 Å². The van der Waals surface area contributed by atoms with Crippen LogP contribution < -0.4 is 9.47 Å². The van der Waals surface area contributed by atoms with Crippen LogP contribution in [0.3, 0.4) is 0 Å². The Labute approximate surface area is 132 Å². The van der Waals surface area contributed by atoms with Crippen molar-refractivity contribution in [1.82, 2.24) is 4.90 Å². The lowest BCUT2D eigenvalue weighted by atomic mass is 9.86. The monoisotopic (exact) mass is 299 g/mol. The molecule has 118 valence electrons. The highest BCUT2D eigenvalue weighted by molar-refractivity contribution is 5.49. The van der Waals surface area contributed by atoms with Crippen LogP contribution >= 0.6 is 0 Å². The standard InChI is InChI=1S/C19H25NO2/c1-2-16(19-18(3-1)21-12-22-19)14-6-8-20(9-7-14)17-11-13-4-5-15(17)10-13/h1-3,13-15,17H,4-12H2/t13-,15-,17?/m1/s1. The molecule has 5 rings (SSSR count). The fourth-order valence-electron chi connectivity index (χ4n) is 5.47. The second-order valence-electron chi connectivity index (χ2n) is 7.63. The van der Waals surface area contributed by atoms with E-state index in [1.165, 1.54) is 57.2 Å². The van der Waals surface area contributed by atoms with Crippen molar-refractivity contribution in [2.24, 2.45) is 11.8 Å². The molecule has 3 atom stereocenters. The molecule has 2 aliphatic heterocycles. The van der Waals surface area contributed by atoms with Gasteiger partial charge in [-0.2, -0.15) is 0 Å². The number of benzene rings is 1. The van der Waals surface area contributed by atoms with Crippen LogP contribution in [-0.2, 0) is 0 Å². The molecule has 0 radical (unpaired) electrons. The second-order valence-corrected chi connectivity index (χ2v) is 7.63. The molecule has 1 aromatic carbocycles. The molecule has 3 heteroatoms. The topological polar surface area (TPSA) is 21.7 Å². The van der Waals surface area contributed by atoms with E-state index in [1.54, 1.807) is 0 Å². The number of hydrogen-bond donors (Lipinski definition) is 0. The summed E-state index contributed by atoms with van der Waals surface area (Å²) >= 11 is 0. The number of rotatable bonds is 2. The van der Waals surface area contributed by atoms with Crippen LogP contribution in [0.1, 0.15) is 50.0 Å². The number of ether oxygens (including phenoxy) is 2. The molecule has 22 heavy (non-hydrogen) atoms. The van der Waals surface area contributed by atoms with Crippen molar-refractivity contribution >= 4 is 0 Å². The number of likely N-dealkylation sites (tertiary alicyclic amines) is 1. The van der Waals surface area contributed by atoms with Gasteiger partial charge in [0.1, 0.15) is 0 Å². The highest BCUT2D eigenvalue weighted by Crippen LogP contribution is 2.48. The molecule has 2 saturated carbocycles. The third-order valence-corrected chi connectivity index (χ3v) is 6.57. The van der Waals surface area contributed by atoms with Gasteiger partial charge in [-0.25, -0.2) is 0 Å². The Balaban J connectivity index is 1.28. The van der Waals surface area contributed by atoms with E-state index in [-0.39, 0.29) is 0 Å². The number of piperidine rings is 1. The summed E-state index contributed by atoms with van der Waals surface area (Å²) in [6.07, 6.45) is 8.54. The van der Waals surface area contributed by atoms with E-state index < -0.39 is 0 Å². The Morgan fingerprint density at radius 2 is 1.86 bits per heavy atom. The Kier molecular flexibility index (Phi) is 3.10. The zero-order chi connectivity index (χ0) is 14.5. The summed E-state index contributed by atoms with van der Waals surface area (Å²) < 4.78 is 11.2. The number of hydrogen-bond acceptors (Lipinski definition) is 3. The van der Waals surface area contributed by atoms with Crippen molar-refractivity contribution in [3.8, 4) is 11.5 Å². The lowest BCUT2D eigenvalue weighted by Crippen LogP contribution is -2.43. The van der Waals surface area contributed by atoms with Gasteiger partial charge in [-0.3, -0.25) is 0 Å². The van der Waals surface area contributed by atoms with Gasteiger partial charge in [0.05, 0.1) is 0 Å². The maximum absolute atomic E-state index is 5.71. The average molecular weight is 299 g/mol. The average Bonchev–Trinajstić information content (AvgIpc) is 3.30. The van der Waals surface area contributed by atoms with Crippen LogP contribution in [0.2, 0.25) is 0 Å². The van der Waals surface area contributed by atoms with Crippen molar-refractivity contribution in [2.45, 2.75) is 50.5 Å². The molecule has 2 bridgehead atoms. The Bertz CT molecular complexity index is 565. The molecule has 3 fully saturated rings. The van der Waals surface area contributed by atoms with Gasteiger partial charge in [0.15, 0.2) is 11.5 Å². The first-order chi connectivity index (χ1) is 10.9. The summed E-state index contributed by atoms with van der Waals surface area (Å²) in [5, 5.41) is 0. The SMILES string of the molecule is c1cc2c(c(C3CCN(C4C[C@@H]5CC[C@@H]4C5)CC3)c1)OCO2. The lowest BCUT2D eigenvalue weighted by Gasteiger charge is -2.39. The maximum atomic E-state index is 5.71. The van der Waals surface area contributed by atoms with E-state index in [1.807, 2.05) is 6.07 Å². The molecule has 4 aliphatic rings. The molecule has 1 aromatic rings. The fraction of sp³-hybridized carbons (Fsp3) is 0.684. The Morgan fingerprint density at radius 1 is 0.955 bits per heavy atom. The molecule has 0 spiro atoms. The van der Waals surface area contributed by atoms with E-state index >= 15 is 0 Å². The molecule has 0 amide bonds. The van der Waals surface area contributed by atoms with Crippen molar-refractivity contribution in [2.75, 3.05) is 19.9 Å². The zero-order valence-corrected chi connectivity index (χ0v) is 13.2. The number of nitrogens with zero attached hydrogens (tertiary/aromatic N) is 1. The molecule has 0 N–H and O–H groups in total. The van der Waals surface area contributed by atoms with Crippen molar-refractivity contribution in [3.05, 3.63) is 23.8 Å². The van der Waals surface area contributed by atoms with E-state index in [9.17, 15) is 0 Å². The van der Waals surface area contributed by atoms with E-state index in [0.29, 0.717) is 12.7 Å². The van der Waals surface area contributed by atoms with E-state index in [0.717, 1.165) is 29.4 Å². The van der Waals surface area contributed by atoms with Crippen molar-refractivity contribution < 1.29 is 9.47 Å². The van der Waals surface area contributed by atoms with Crippen LogP contribution in [0.25, 0.3) is 0 Å². The van der Waals surface area contributed by atoms with Gasteiger partial charge < -0.3 is 14.4 Å². The largest absolute Gasteiger partial charge is 0.454 e. The number of para-hydroxylation sites is 1. The van der Waals surface area contributed by atoms with Crippen LogP contribution in [0, 0.1) is 11.8 Å². The number of fused-ring (bicyclic) bond motifs is 3. The summed E-state index contributed by atoms with van der Waals surface area (Å²) in [7, 11) is 0. The summed E-state index contributed by atoms with van der Waals surface area (Å²) in [6.45, 7) is 2.92. The molecule has 2 aliphatic carbocycles. The Hall–Kier alpha value is -1.22. The van der Waals surface area contributed by atoms with Gasteiger partial charge >= 0.3 is 0 Å². The highest BCUT2D eigenvalue weighted by atomic mass is 16.7. The third-order valence-electron chi connectivity index (χ3n) is 6.57. The lowest BCUT2D eigenvalue weighted by molar-refractivity contribution is 0.110. The van der Waals surface area contributed by atoms with Crippen molar-refractivity contribution in [3.63, 3.8) is 0 Å². The summed E-state index contributed by atoms with van der Waals surface area (Å²) in [5.74, 6) is 4.66. The van der Waals surface area contributed by atoms with Gasteiger partial charge in [-0.05, 0) is 69.0 Å². The van der Waals surface area contributed by atoms with Crippen LogP contribution in [0.4, 0.5) is 0 Å². The predicted octanol–water partition coefficient (Wildman–Crippen LogP) is 3.78. The van der Waals surface area contributed by atoms with Gasteiger partial charge in [-0.1, -0.05) is 18.6 Å². The first kappa shape index (κ1) is 13.2. The smallest absolute Gasteiger partial charge is 0.231 e. The minimum Gasteiger partial charge on any atom is -0.454 e. The normalized spacial score (nSPS) is 34.5. The highest BCUT2D eigenvalue weighted by Gasteiger charge is 2.43. The minimum absolute atomic E-state index is 0.385. The summed E-state index contributed by atoms with van der Waals surface area (Å²) in [6, 6.07) is 7.29. The molecule has 0 aromatic heterocycles. The molecule has 2 heterocycles. The molecular formula is C19H25NO2. The van der Waals surface area contributed by atoms with Gasteiger partial charge in [0, 0.05) is 11.6 Å². The maximum Gasteiger partial charge on any atom is 0.231 e. The summed E-state index contributed by atoms with van der Waals surface area (Å²) in [4.78, 5) is 2.81. The second kappa shape index (κ2) is 5.16. The van der Waals surface area contributed by atoms with Crippen LogP contribution in [-0.4, -0.2) is 30.8 Å².